The summed E-state index contributed by atoms with van der Waals surface area (Å²) < 4.78 is 11.0. The van der Waals surface area contributed by atoms with E-state index in [9.17, 15) is 9.59 Å². The van der Waals surface area contributed by atoms with Crippen LogP contribution in [0.2, 0.25) is 0 Å². The van der Waals surface area contributed by atoms with Crippen molar-refractivity contribution in [3.8, 4) is 0 Å². The predicted molar refractivity (Wildman–Crippen MR) is 135 cm³/mol. The number of amides is 2. The van der Waals surface area contributed by atoms with Crippen molar-refractivity contribution in [2.45, 2.75) is 71.6 Å². The van der Waals surface area contributed by atoms with Crippen molar-refractivity contribution >= 4 is 42.1 Å². The first-order chi connectivity index (χ1) is 14.4. The van der Waals surface area contributed by atoms with Gasteiger partial charge in [-0.05, 0) is 60.3 Å². The maximum Gasteiger partial charge on any atom is 0.410 e. The Labute approximate surface area is 209 Å². The highest BCUT2D eigenvalue weighted by Gasteiger charge is 2.37. The first-order valence-corrected chi connectivity index (χ1v) is 11.4. The molecular weight excluding hydrogens is 525 g/mol. The molecule has 10 heteroatoms. The van der Waals surface area contributed by atoms with Crippen LogP contribution in [-0.2, 0) is 9.47 Å². The third-order valence-corrected chi connectivity index (χ3v) is 5.58. The molecule has 0 radical (unpaired) electrons. The number of carbonyl (C=O) groups excluding carboxylic acids is 2. The van der Waals surface area contributed by atoms with E-state index < -0.39 is 11.2 Å². The Kier molecular flexibility index (Phi) is 8.91. The minimum absolute atomic E-state index is 0. The van der Waals surface area contributed by atoms with Gasteiger partial charge in [0.05, 0.1) is 12.6 Å². The van der Waals surface area contributed by atoms with E-state index in [4.69, 9.17) is 9.47 Å². The summed E-state index contributed by atoms with van der Waals surface area (Å²) in [6, 6.07) is 0.188. The number of hydrogen-bond donors (Lipinski definition) is 1. The second-order valence-corrected chi connectivity index (χ2v) is 10.8. The van der Waals surface area contributed by atoms with Crippen LogP contribution in [0.25, 0.3) is 0 Å². The molecule has 3 aliphatic rings. The van der Waals surface area contributed by atoms with Crippen molar-refractivity contribution < 1.29 is 19.1 Å². The molecule has 3 heterocycles. The molecule has 0 aromatic carbocycles. The molecule has 3 aliphatic heterocycles. The topological polar surface area (TPSA) is 86.7 Å². The van der Waals surface area contributed by atoms with Crippen LogP contribution in [-0.4, -0.2) is 95.9 Å². The molecule has 1 N–H and O–H groups in total. The van der Waals surface area contributed by atoms with Gasteiger partial charge in [-0.2, -0.15) is 0 Å². The number of nitrogens with zero attached hydrogens (tertiary/aromatic N) is 4. The summed E-state index contributed by atoms with van der Waals surface area (Å²) in [6.45, 7) is 16.2. The molecule has 2 amide bonds. The summed E-state index contributed by atoms with van der Waals surface area (Å²) in [4.78, 5) is 35.3. The normalized spacial score (nSPS) is 23.7. The van der Waals surface area contributed by atoms with Gasteiger partial charge in [-0.3, -0.25) is 4.99 Å². The molecule has 184 valence electrons. The lowest BCUT2D eigenvalue weighted by molar-refractivity contribution is 0.0130. The third kappa shape index (κ3) is 7.55. The summed E-state index contributed by atoms with van der Waals surface area (Å²) in [5.41, 5.74) is -0.961. The van der Waals surface area contributed by atoms with Crippen molar-refractivity contribution in [3.05, 3.63) is 0 Å². The van der Waals surface area contributed by atoms with Crippen molar-refractivity contribution in [1.29, 1.82) is 0 Å². The number of fused-ring (bicyclic) bond motifs is 1. The molecular formula is C22H40IN5O4. The van der Waals surface area contributed by atoms with Crippen LogP contribution in [0.15, 0.2) is 4.99 Å². The molecule has 2 atom stereocenters. The highest BCUT2D eigenvalue weighted by Crippen LogP contribution is 2.21. The first kappa shape index (κ1) is 26.8. The molecule has 0 aromatic heterocycles. The van der Waals surface area contributed by atoms with Crippen molar-refractivity contribution in [1.82, 2.24) is 20.0 Å². The molecule has 3 rings (SSSR count). The minimum atomic E-state index is -0.486. The molecule has 2 saturated heterocycles. The van der Waals surface area contributed by atoms with Gasteiger partial charge in [0.1, 0.15) is 11.2 Å². The number of rotatable bonds is 2. The number of guanidine groups is 1. The van der Waals surface area contributed by atoms with Crippen molar-refractivity contribution in [2.75, 3.05) is 45.8 Å². The van der Waals surface area contributed by atoms with Crippen LogP contribution in [0.1, 0.15) is 54.4 Å². The Bertz CT molecular complexity index is 703. The number of aliphatic imine (C=N–C) groups is 1. The van der Waals surface area contributed by atoms with Crippen LogP contribution < -0.4 is 5.32 Å². The molecule has 2 unspecified atom stereocenters. The molecule has 0 spiro atoms. The zero-order valence-electron chi connectivity index (χ0n) is 20.3. The molecule has 0 bridgehead atoms. The number of piperidine rings is 1. The van der Waals surface area contributed by atoms with Crippen molar-refractivity contribution in [3.63, 3.8) is 0 Å². The average molecular weight is 565 g/mol. The number of halogens is 1. The molecule has 32 heavy (non-hydrogen) atoms. The molecule has 0 aromatic rings. The number of hydrogen-bond acceptors (Lipinski definition) is 7. The summed E-state index contributed by atoms with van der Waals surface area (Å²) >= 11 is 0. The Hall–Kier alpha value is -1.46. The van der Waals surface area contributed by atoms with Gasteiger partial charge in [0.15, 0.2) is 5.96 Å². The van der Waals surface area contributed by atoms with Gasteiger partial charge < -0.3 is 29.5 Å². The van der Waals surface area contributed by atoms with Gasteiger partial charge in [0, 0.05) is 39.3 Å². The monoisotopic (exact) mass is 565 g/mol. The van der Waals surface area contributed by atoms with E-state index >= 15 is 0 Å². The quantitative estimate of drug-likeness (QED) is 0.518. The number of nitrogens with one attached hydrogen (secondary N) is 1. The maximum atomic E-state index is 12.4. The molecule has 0 saturated carbocycles. The van der Waals surface area contributed by atoms with E-state index in [2.05, 4.69) is 15.2 Å². The lowest BCUT2D eigenvalue weighted by Gasteiger charge is -2.39. The van der Waals surface area contributed by atoms with Crippen LogP contribution in [0.3, 0.4) is 0 Å². The van der Waals surface area contributed by atoms with Gasteiger partial charge in [-0.25, -0.2) is 9.59 Å². The van der Waals surface area contributed by atoms with Crippen LogP contribution in [0, 0.1) is 5.92 Å². The van der Waals surface area contributed by atoms with Gasteiger partial charge >= 0.3 is 12.2 Å². The predicted octanol–water partition coefficient (Wildman–Crippen LogP) is 3.13. The maximum absolute atomic E-state index is 12.4. The van der Waals surface area contributed by atoms with E-state index in [-0.39, 0.29) is 42.2 Å². The van der Waals surface area contributed by atoms with E-state index in [1.54, 1.807) is 4.90 Å². The Balaban J connectivity index is 0.00000363. The lowest BCUT2D eigenvalue weighted by Crippen LogP contribution is -2.58. The zero-order valence-corrected chi connectivity index (χ0v) is 22.7. The summed E-state index contributed by atoms with van der Waals surface area (Å²) in [5.74, 6) is 1.27. The van der Waals surface area contributed by atoms with Crippen LogP contribution >= 0.6 is 24.0 Å². The fourth-order valence-electron chi connectivity index (χ4n) is 4.18. The molecule has 9 nitrogen and oxygen atoms in total. The SMILES string of the molecule is CC(C)(C)OC(=O)N1CCCC(CNC2=NCC3CN(C(=O)OC(C)(C)C)CCN23)C1.I. The van der Waals surface area contributed by atoms with E-state index in [0.717, 1.165) is 38.4 Å². The van der Waals surface area contributed by atoms with E-state index in [0.29, 0.717) is 32.1 Å². The Morgan fingerprint density at radius 1 is 0.969 bits per heavy atom. The van der Waals surface area contributed by atoms with Gasteiger partial charge in [-0.15, -0.1) is 24.0 Å². The fraction of sp³-hybridized carbons (Fsp3) is 0.864. The Morgan fingerprint density at radius 2 is 1.56 bits per heavy atom. The second kappa shape index (κ2) is 10.6. The first-order valence-electron chi connectivity index (χ1n) is 11.4. The van der Waals surface area contributed by atoms with Crippen molar-refractivity contribution in [2.24, 2.45) is 10.9 Å². The van der Waals surface area contributed by atoms with E-state index in [1.807, 2.05) is 46.4 Å². The minimum Gasteiger partial charge on any atom is -0.444 e. The largest absolute Gasteiger partial charge is 0.444 e. The number of carbonyl (C=O) groups is 2. The smallest absolute Gasteiger partial charge is 0.410 e. The van der Waals surface area contributed by atoms with E-state index in [1.165, 1.54) is 0 Å². The van der Waals surface area contributed by atoms with Gasteiger partial charge in [0.2, 0.25) is 0 Å². The number of likely N-dealkylation sites (tertiary alicyclic amines) is 1. The summed E-state index contributed by atoms with van der Waals surface area (Å²) in [5, 5.41) is 3.50. The Morgan fingerprint density at radius 3 is 2.16 bits per heavy atom. The highest BCUT2D eigenvalue weighted by atomic mass is 127. The standard InChI is InChI=1S/C22H39N5O4.HI/c1-21(2,3)30-19(28)25-9-7-8-16(14-25)12-23-18-24-13-17-15-26(10-11-27(17)18)20(29)31-22(4,5)6;/h16-17H,7-15H2,1-6H3,(H,23,24);1H. The van der Waals surface area contributed by atoms with Crippen LogP contribution in [0.4, 0.5) is 9.59 Å². The lowest BCUT2D eigenvalue weighted by atomic mass is 9.98. The average Bonchev–Trinajstić information content (AvgIpc) is 3.06. The summed E-state index contributed by atoms with van der Waals surface area (Å²) in [7, 11) is 0. The third-order valence-electron chi connectivity index (χ3n) is 5.58. The molecule has 2 fully saturated rings. The highest BCUT2D eigenvalue weighted by molar-refractivity contribution is 14.0. The molecule has 0 aliphatic carbocycles. The van der Waals surface area contributed by atoms with Crippen LogP contribution in [0.5, 0.6) is 0 Å². The number of piperazine rings is 1. The second-order valence-electron chi connectivity index (χ2n) is 10.8. The fourth-order valence-corrected chi connectivity index (χ4v) is 4.18. The number of ether oxygens (including phenoxy) is 2. The van der Waals surface area contributed by atoms with Gasteiger partial charge in [0.25, 0.3) is 0 Å². The summed E-state index contributed by atoms with van der Waals surface area (Å²) in [6.07, 6.45) is 1.58. The zero-order chi connectivity index (χ0) is 22.8. The van der Waals surface area contributed by atoms with Gasteiger partial charge in [-0.1, -0.05) is 0 Å².